The van der Waals surface area contributed by atoms with Gasteiger partial charge in [0.1, 0.15) is 5.75 Å². The predicted molar refractivity (Wildman–Crippen MR) is 77.4 cm³/mol. The first kappa shape index (κ1) is 13.6. The Bertz CT molecular complexity index is 564. The second-order valence-electron chi connectivity index (χ2n) is 4.80. The van der Waals surface area contributed by atoms with Crippen molar-refractivity contribution in [3.8, 4) is 16.9 Å². The summed E-state index contributed by atoms with van der Waals surface area (Å²) in [5.74, 6) is 0.961. The smallest absolute Gasteiger partial charge is 0.124 e. The molecule has 0 aliphatic heterocycles. The Balaban J connectivity index is 2.53. The molecule has 19 heavy (non-hydrogen) atoms. The van der Waals surface area contributed by atoms with Gasteiger partial charge in [-0.15, -0.1) is 0 Å². The summed E-state index contributed by atoms with van der Waals surface area (Å²) in [6.45, 7) is 4.95. The van der Waals surface area contributed by atoms with E-state index in [1.54, 1.807) is 7.11 Å². The van der Waals surface area contributed by atoms with E-state index >= 15 is 0 Å². The van der Waals surface area contributed by atoms with E-state index in [1.165, 1.54) is 16.8 Å². The summed E-state index contributed by atoms with van der Waals surface area (Å²) in [5, 5.41) is 7.55. The molecule has 1 N–H and O–H groups in total. The third-order valence-electron chi connectivity index (χ3n) is 3.38. The zero-order chi connectivity index (χ0) is 14.0. The first-order chi connectivity index (χ1) is 9.08. The lowest BCUT2D eigenvalue weighted by Gasteiger charge is -2.12. The molecule has 102 valence electrons. The Kier molecular flexibility index (Phi) is 3.90. The fourth-order valence-corrected chi connectivity index (χ4v) is 2.51. The number of aryl methyl sites for hydroxylation is 3. The van der Waals surface area contributed by atoms with Gasteiger partial charge in [-0.25, -0.2) is 0 Å². The van der Waals surface area contributed by atoms with Gasteiger partial charge in [-0.3, -0.25) is 4.68 Å². The van der Waals surface area contributed by atoms with Crippen LogP contribution in [0.3, 0.4) is 0 Å². The van der Waals surface area contributed by atoms with E-state index < -0.39 is 0 Å². The summed E-state index contributed by atoms with van der Waals surface area (Å²) < 4.78 is 7.33. The van der Waals surface area contributed by atoms with E-state index in [0.717, 1.165) is 23.4 Å². The highest BCUT2D eigenvalue weighted by atomic mass is 16.5. The summed E-state index contributed by atoms with van der Waals surface area (Å²) in [6.07, 6.45) is 1.92. The van der Waals surface area contributed by atoms with E-state index in [0.29, 0.717) is 0 Å². The molecule has 0 spiro atoms. The average molecular weight is 259 g/mol. The minimum Gasteiger partial charge on any atom is -0.496 e. The molecule has 0 amide bonds. The first-order valence-corrected chi connectivity index (χ1v) is 6.39. The predicted octanol–water partition coefficient (Wildman–Crippen LogP) is 2.43. The number of benzene rings is 1. The number of methoxy groups -OCH3 is 1. The Morgan fingerprint density at radius 2 is 1.89 bits per heavy atom. The van der Waals surface area contributed by atoms with E-state index in [2.05, 4.69) is 36.4 Å². The summed E-state index contributed by atoms with van der Waals surface area (Å²) >= 11 is 0. The molecular formula is C15H21N3O. The zero-order valence-corrected chi connectivity index (χ0v) is 12.2. The molecule has 0 fully saturated rings. The lowest BCUT2D eigenvalue weighted by Crippen LogP contribution is -2.10. The van der Waals surface area contributed by atoms with Crippen LogP contribution in [0.4, 0.5) is 0 Å². The lowest BCUT2D eigenvalue weighted by atomic mass is 10.00. The number of ether oxygens (including phenoxy) is 1. The molecular weight excluding hydrogens is 238 g/mol. The highest BCUT2D eigenvalue weighted by Crippen LogP contribution is 2.31. The quantitative estimate of drug-likeness (QED) is 0.916. The van der Waals surface area contributed by atoms with Crippen LogP contribution < -0.4 is 10.1 Å². The van der Waals surface area contributed by atoms with Crippen LogP contribution in [0.1, 0.15) is 16.8 Å². The monoisotopic (exact) mass is 259 g/mol. The zero-order valence-electron chi connectivity index (χ0n) is 12.2. The van der Waals surface area contributed by atoms with Gasteiger partial charge in [-0.2, -0.15) is 5.10 Å². The topological polar surface area (TPSA) is 39.1 Å². The van der Waals surface area contributed by atoms with Gasteiger partial charge in [0.05, 0.1) is 19.0 Å². The van der Waals surface area contributed by atoms with E-state index in [1.807, 2.05) is 25.0 Å². The van der Waals surface area contributed by atoms with Crippen LogP contribution in [-0.4, -0.2) is 23.9 Å². The fourth-order valence-electron chi connectivity index (χ4n) is 2.51. The molecule has 0 saturated carbocycles. The summed E-state index contributed by atoms with van der Waals surface area (Å²) in [6, 6.07) is 4.31. The molecule has 0 aliphatic rings. The molecule has 1 aromatic heterocycles. The summed E-state index contributed by atoms with van der Waals surface area (Å²) in [4.78, 5) is 0. The van der Waals surface area contributed by atoms with Crippen molar-refractivity contribution in [1.29, 1.82) is 0 Å². The van der Waals surface area contributed by atoms with Crippen molar-refractivity contribution >= 4 is 0 Å². The first-order valence-electron chi connectivity index (χ1n) is 6.39. The molecule has 4 heteroatoms. The molecule has 2 aromatic rings. The lowest BCUT2D eigenvalue weighted by molar-refractivity contribution is 0.408. The van der Waals surface area contributed by atoms with Crippen molar-refractivity contribution < 1.29 is 4.74 Å². The summed E-state index contributed by atoms with van der Waals surface area (Å²) in [5.41, 5.74) is 5.85. The molecule has 2 rings (SSSR count). The van der Waals surface area contributed by atoms with Crippen molar-refractivity contribution in [1.82, 2.24) is 15.1 Å². The maximum Gasteiger partial charge on any atom is 0.124 e. The minimum absolute atomic E-state index is 0.802. The van der Waals surface area contributed by atoms with Gasteiger partial charge < -0.3 is 10.1 Å². The largest absolute Gasteiger partial charge is 0.496 e. The molecule has 4 nitrogen and oxygen atoms in total. The average Bonchev–Trinajstić information content (AvgIpc) is 2.71. The van der Waals surface area contributed by atoms with Crippen molar-refractivity contribution in [2.24, 2.45) is 7.05 Å². The number of rotatable bonds is 4. The van der Waals surface area contributed by atoms with Crippen LogP contribution in [-0.2, 0) is 13.6 Å². The van der Waals surface area contributed by atoms with Crippen LogP contribution in [0.15, 0.2) is 18.3 Å². The highest BCUT2D eigenvalue weighted by molar-refractivity contribution is 5.69. The SMILES string of the molecule is CNCc1c(-c2cc(C)c(OC)c(C)c2)cnn1C. The number of nitrogens with one attached hydrogen (secondary N) is 1. The maximum atomic E-state index is 5.42. The third kappa shape index (κ3) is 2.49. The molecule has 1 aromatic carbocycles. The molecule has 0 radical (unpaired) electrons. The van der Waals surface area contributed by atoms with Crippen molar-refractivity contribution in [2.45, 2.75) is 20.4 Å². The van der Waals surface area contributed by atoms with Crippen molar-refractivity contribution in [2.75, 3.05) is 14.2 Å². The normalized spacial score (nSPS) is 10.8. The molecule has 0 bridgehead atoms. The number of aromatic nitrogens is 2. The Morgan fingerprint density at radius 1 is 1.26 bits per heavy atom. The number of hydrogen-bond donors (Lipinski definition) is 1. The molecule has 0 saturated heterocycles. The van der Waals surface area contributed by atoms with Crippen molar-refractivity contribution in [3.05, 3.63) is 35.2 Å². The van der Waals surface area contributed by atoms with Crippen LogP contribution in [0.5, 0.6) is 5.75 Å². The van der Waals surface area contributed by atoms with Gasteiger partial charge in [0, 0.05) is 19.2 Å². The van der Waals surface area contributed by atoms with Gasteiger partial charge in [0.2, 0.25) is 0 Å². The van der Waals surface area contributed by atoms with Crippen molar-refractivity contribution in [3.63, 3.8) is 0 Å². The fraction of sp³-hybridized carbons (Fsp3) is 0.400. The maximum absolute atomic E-state index is 5.42. The van der Waals surface area contributed by atoms with E-state index in [4.69, 9.17) is 4.74 Å². The van der Waals surface area contributed by atoms with E-state index in [9.17, 15) is 0 Å². The Hall–Kier alpha value is -1.81. The van der Waals surface area contributed by atoms with E-state index in [-0.39, 0.29) is 0 Å². The van der Waals surface area contributed by atoms with Gasteiger partial charge in [-0.05, 0) is 49.7 Å². The molecule has 0 aliphatic carbocycles. The Morgan fingerprint density at radius 3 is 2.42 bits per heavy atom. The second-order valence-corrected chi connectivity index (χ2v) is 4.80. The van der Waals surface area contributed by atoms with Crippen LogP contribution in [0.2, 0.25) is 0 Å². The molecule has 0 atom stereocenters. The number of hydrogen-bond acceptors (Lipinski definition) is 3. The van der Waals surface area contributed by atoms with Crippen LogP contribution in [0, 0.1) is 13.8 Å². The van der Waals surface area contributed by atoms with Gasteiger partial charge in [0.15, 0.2) is 0 Å². The van der Waals surface area contributed by atoms with Gasteiger partial charge in [-0.1, -0.05) is 0 Å². The summed E-state index contributed by atoms with van der Waals surface area (Å²) in [7, 11) is 5.63. The Labute approximate surface area is 114 Å². The third-order valence-corrected chi connectivity index (χ3v) is 3.38. The van der Waals surface area contributed by atoms with Crippen LogP contribution >= 0.6 is 0 Å². The molecule has 1 heterocycles. The number of nitrogens with zero attached hydrogens (tertiary/aromatic N) is 2. The van der Waals surface area contributed by atoms with Gasteiger partial charge in [0.25, 0.3) is 0 Å². The second kappa shape index (κ2) is 5.45. The van der Waals surface area contributed by atoms with Gasteiger partial charge >= 0.3 is 0 Å². The van der Waals surface area contributed by atoms with Crippen LogP contribution in [0.25, 0.3) is 11.1 Å². The minimum atomic E-state index is 0.802. The highest BCUT2D eigenvalue weighted by Gasteiger charge is 2.13. The molecule has 0 unspecified atom stereocenters. The standard InChI is InChI=1S/C15H21N3O/c1-10-6-12(7-11(2)15(10)19-5)13-8-17-18(4)14(13)9-16-3/h6-8,16H,9H2,1-5H3.